The van der Waals surface area contributed by atoms with Crippen molar-refractivity contribution >= 4 is 5.96 Å². The highest BCUT2D eigenvalue weighted by Crippen LogP contribution is 2.29. The predicted molar refractivity (Wildman–Crippen MR) is 93.4 cm³/mol. The molecule has 0 saturated heterocycles. The van der Waals surface area contributed by atoms with E-state index < -0.39 is 6.10 Å². The van der Waals surface area contributed by atoms with Crippen molar-refractivity contribution in [1.29, 1.82) is 0 Å². The Labute approximate surface area is 138 Å². The number of nitrogens with one attached hydrogen (secondary N) is 2. The standard InChI is InChI=1S/C17H29N3O3/c1-5-7-10-19-17(18-6-2)20-12-14(21)13-8-9-15(22-3)16(11-13)23-4/h8-9,11,14,21H,5-7,10,12H2,1-4H3,(H2,18,19,20). The Morgan fingerprint density at radius 2 is 1.91 bits per heavy atom. The van der Waals surface area contributed by atoms with E-state index in [1.807, 2.05) is 13.0 Å². The van der Waals surface area contributed by atoms with Crippen LogP contribution < -0.4 is 20.1 Å². The van der Waals surface area contributed by atoms with E-state index in [0.717, 1.165) is 37.5 Å². The quantitative estimate of drug-likeness (QED) is 0.369. The number of methoxy groups -OCH3 is 2. The molecule has 6 nitrogen and oxygen atoms in total. The summed E-state index contributed by atoms with van der Waals surface area (Å²) in [5.41, 5.74) is 0.746. The molecule has 130 valence electrons. The van der Waals surface area contributed by atoms with Crippen LogP contribution in [0, 0.1) is 0 Å². The van der Waals surface area contributed by atoms with Gasteiger partial charge in [-0.1, -0.05) is 19.4 Å². The second-order valence-electron chi connectivity index (χ2n) is 5.13. The minimum atomic E-state index is -0.698. The smallest absolute Gasteiger partial charge is 0.191 e. The molecular formula is C17H29N3O3. The topological polar surface area (TPSA) is 75.1 Å². The highest BCUT2D eigenvalue weighted by atomic mass is 16.5. The monoisotopic (exact) mass is 323 g/mol. The average Bonchev–Trinajstić information content (AvgIpc) is 2.58. The summed E-state index contributed by atoms with van der Waals surface area (Å²) < 4.78 is 10.5. The van der Waals surface area contributed by atoms with Gasteiger partial charge in [-0.15, -0.1) is 0 Å². The Hall–Kier alpha value is -1.95. The van der Waals surface area contributed by atoms with Crippen LogP contribution >= 0.6 is 0 Å². The predicted octanol–water partition coefficient (Wildman–Crippen LogP) is 2.09. The van der Waals surface area contributed by atoms with Gasteiger partial charge in [0.1, 0.15) is 0 Å². The number of hydrogen-bond acceptors (Lipinski definition) is 4. The molecule has 0 aromatic heterocycles. The van der Waals surface area contributed by atoms with Gasteiger partial charge in [-0.25, -0.2) is 0 Å². The van der Waals surface area contributed by atoms with E-state index in [1.54, 1.807) is 26.4 Å². The van der Waals surface area contributed by atoms with Crippen LogP contribution in [-0.4, -0.2) is 44.9 Å². The van der Waals surface area contributed by atoms with Crippen LogP contribution in [0.3, 0.4) is 0 Å². The lowest BCUT2D eigenvalue weighted by Crippen LogP contribution is -2.38. The van der Waals surface area contributed by atoms with Crippen LogP contribution in [0.15, 0.2) is 23.2 Å². The van der Waals surface area contributed by atoms with Crippen molar-refractivity contribution in [2.45, 2.75) is 32.8 Å². The summed E-state index contributed by atoms with van der Waals surface area (Å²) in [7, 11) is 3.16. The second kappa shape index (κ2) is 10.7. The summed E-state index contributed by atoms with van der Waals surface area (Å²) in [6.45, 7) is 6.09. The molecule has 0 bridgehead atoms. The van der Waals surface area contributed by atoms with Gasteiger partial charge in [-0.05, 0) is 31.0 Å². The molecule has 1 unspecified atom stereocenters. The summed E-state index contributed by atoms with van der Waals surface area (Å²) in [6.07, 6.45) is 1.51. The second-order valence-corrected chi connectivity index (χ2v) is 5.13. The number of aliphatic hydroxyl groups excluding tert-OH is 1. The zero-order valence-corrected chi connectivity index (χ0v) is 14.6. The Bertz CT molecular complexity index is 492. The minimum Gasteiger partial charge on any atom is -0.493 e. The third-order valence-electron chi connectivity index (χ3n) is 3.38. The van der Waals surface area contributed by atoms with Gasteiger partial charge < -0.3 is 25.2 Å². The van der Waals surface area contributed by atoms with E-state index in [1.165, 1.54) is 0 Å². The molecule has 0 amide bonds. The van der Waals surface area contributed by atoms with Crippen molar-refractivity contribution in [3.63, 3.8) is 0 Å². The van der Waals surface area contributed by atoms with Crippen molar-refractivity contribution in [2.24, 2.45) is 4.99 Å². The van der Waals surface area contributed by atoms with E-state index in [0.29, 0.717) is 11.5 Å². The molecule has 0 saturated carbocycles. The van der Waals surface area contributed by atoms with Crippen molar-refractivity contribution in [3.05, 3.63) is 23.8 Å². The molecule has 1 rings (SSSR count). The number of hydrogen-bond donors (Lipinski definition) is 3. The van der Waals surface area contributed by atoms with Crippen molar-refractivity contribution in [2.75, 3.05) is 33.9 Å². The fraction of sp³-hybridized carbons (Fsp3) is 0.588. The zero-order valence-electron chi connectivity index (χ0n) is 14.6. The Balaban J connectivity index is 2.72. The van der Waals surface area contributed by atoms with Gasteiger partial charge in [0.2, 0.25) is 0 Å². The molecule has 0 fully saturated rings. The first-order valence-electron chi connectivity index (χ1n) is 8.08. The van der Waals surface area contributed by atoms with E-state index in [2.05, 4.69) is 22.5 Å². The first-order valence-corrected chi connectivity index (χ1v) is 8.08. The van der Waals surface area contributed by atoms with Gasteiger partial charge in [0.15, 0.2) is 17.5 Å². The van der Waals surface area contributed by atoms with Crippen LogP contribution in [0.1, 0.15) is 38.4 Å². The molecule has 23 heavy (non-hydrogen) atoms. The van der Waals surface area contributed by atoms with E-state index >= 15 is 0 Å². The SMILES string of the molecule is CCCCNC(=NCC(O)c1ccc(OC)c(OC)c1)NCC. The lowest BCUT2D eigenvalue weighted by atomic mass is 10.1. The maximum absolute atomic E-state index is 10.3. The van der Waals surface area contributed by atoms with Crippen molar-refractivity contribution in [1.82, 2.24) is 10.6 Å². The number of rotatable bonds is 9. The maximum atomic E-state index is 10.3. The van der Waals surface area contributed by atoms with Crippen LogP contribution in [0.2, 0.25) is 0 Å². The molecule has 3 N–H and O–H groups in total. The number of aliphatic hydroxyl groups is 1. The summed E-state index contributed by atoms with van der Waals surface area (Å²) >= 11 is 0. The summed E-state index contributed by atoms with van der Waals surface area (Å²) in [6, 6.07) is 5.38. The molecule has 1 aromatic rings. The van der Waals surface area contributed by atoms with Crippen LogP contribution in [0.4, 0.5) is 0 Å². The Kier molecular flexibility index (Phi) is 8.90. The fourth-order valence-electron chi connectivity index (χ4n) is 2.07. The molecular weight excluding hydrogens is 294 g/mol. The Morgan fingerprint density at radius 3 is 2.52 bits per heavy atom. The third-order valence-corrected chi connectivity index (χ3v) is 3.38. The molecule has 0 aliphatic heterocycles. The highest BCUT2D eigenvalue weighted by molar-refractivity contribution is 5.79. The first-order chi connectivity index (χ1) is 11.2. The van der Waals surface area contributed by atoms with E-state index in [-0.39, 0.29) is 6.54 Å². The van der Waals surface area contributed by atoms with Gasteiger partial charge in [-0.2, -0.15) is 0 Å². The zero-order chi connectivity index (χ0) is 17.1. The van der Waals surface area contributed by atoms with E-state index in [4.69, 9.17) is 9.47 Å². The third kappa shape index (κ3) is 6.36. The average molecular weight is 323 g/mol. The number of benzene rings is 1. The maximum Gasteiger partial charge on any atom is 0.191 e. The largest absolute Gasteiger partial charge is 0.493 e. The van der Waals surface area contributed by atoms with Crippen molar-refractivity contribution < 1.29 is 14.6 Å². The number of ether oxygens (including phenoxy) is 2. The van der Waals surface area contributed by atoms with Gasteiger partial charge in [0.05, 0.1) is 26.9 Å². The number of unbranched alkanes of at least 4 members (excludes halogenated alkanes) is 1. The Morgan fingerprint density at radius 1 is 1.17 bits per heavy atom. The number of guanidine groups is 1. The molecule has 0 radical (unpaired) electrons. The first kappa shape index (κ1) is 19.1. The van der Waals surface area contributed by atoms with Crippen molar-refractivity contribution in [3.8, 4) is 11.5 Å². The number of nitrogens with zero attached hydrogens (tertiary/aromatic N) is 1. The molecule has 0 spiro atoms. The minimum absolute atomic E-state index is 0.275. The van der Waals surface area contributed by atoms with Gasteiger partial charge in [0.25, 0.3) is 0 Å². The molecule has 1 atom stereocenters. The van der Waals surface area contributed by atoms with Crippen LogP contribution in [0.5, 0.6) is 11.5 Å². The van der Waals surface area contributed by atoms with Gasteiger partial charge >= 0.3 is 0 Å². The molecule has 0 aliphatic rings. The lowest BCUT2D eigenvalue weighted by molar-refractivity contribution is 0.186. The lowest BCUT2D eigenvalue weighted by Gasteiger charge is -2.14. The summed E-state index contributed by atoms with van der Waals surface area (Å²) in [4.78, 5) is 4.43. The molecule has 1 aromatic carbocycles. The molecule has 0 aliphatic carbocycles. The molecule has 6 heteroatoms. The van der Waals surface area contributed by atoms with Gasteiger partial charge in [0, 0.05) is 13.1 Å². The highest BCUT2D eigenvalue weighted by Gasteiger charge is 2.11. The summed E-state index contributed by atoms with van der Waals surface area (Å²) in [5.74, 6) is 1.96. The normalized spacial score (nSPS) is 12.7. The van der Waals surface area contributed by atoms with Gasteiger partial charge in [-0.3, -0.25) is 4.99 Å². The fourth-order valence-corrected chi connectivity index (χ4v) is 2.07. The summed E-state index contributed by atoms with van der Waals surface area (Å²) in [5, 5.41) is 16.8. The van der Waals surface area contributed by atoms with Crippen LogP contribution in [-0.2, 0) is 0 Å². The number of aliphatic imine (C=N–C) groups is 1. The van der Waals surface area contributed by atoms with E-state index in [9.17, 15) is 5.11 Å². The molecule has 0 heterocycles. The van der Waals surface area contributed by atoms with Crippen LogP contribution in [0.25, 0.3) is 0 Å².